The summed E-state index contributed by atoms with van der Waals surface area (Å²) < 4.78 is 1.38. The first-order chi connectivity index (χ1) is 8.81. The van der Waals surface area contributed by atoms with Gasteiger partial charge in [0.25, 0.3) is 0 Å². The summed E-state index contributed by atoms with van der Waals surface area (Å²) in [6.45, 7) is 1.07. The van der Waals surface area contributed by atoms with Crippen molar-refractivity contribution in [2.24, 2.45) is 0 Å². The van der Waals surface area contributed by atoms with Gasteiger partial charge in [-0.05, 0) is 40.6 Å². The Balaban J connectivity index is 0.00000133. The number of carbonyl (C=O) groups excluding carboxylic acids is 1. The highest BCUT2D eigenvalue weighted by atomic mass is 35.5. The van der Waals surface area contributed by atoms with E-state index in [1.807, 2.05) is 18.2 Å². The van der Waals surface area contributed by atoms with Crippen LogP contribution in [-0.4, -0.2) is 32.7 Å². The van der Waals surface area contributed by atoms with E-state index in [2.05, 4.69) is 26.2 Å². The van der Waals surface area contributed by atoms with Gasteiger partial charge in [-0.15, -0.1) is 17.5 Å². The van der Waals surface area contributed by atoms with E-state index in [1.54, 1.807) is 0 Å². The van der Waals surface area contributed by atoms with Gasteiger partial charge in [0.2, 0.25) is 5.91 Å². The molecule has 2 N–H and O–H groups in total. The summed E-state index contributed by atoms with van der Waals surface area (Å²) in [6.07, 6.45) is 2.40. The summed E-state index contributed by atoms with van der Waals surface area (Å²) >= 11 is 0. The van der Waals surface area contributed by atoms with Gasteiger partial charge in [0.1, 0.15) is 12.9 Å². The lowest BCUT2D eigenvalue weighted by Crippen LogP contribution is -2.19. The van der Waals surface area contributed by atoms with Crippen LogP contribution in [0.2, 0.25) is 0 Å². The normalized spacial score (nSPS) is 12.2. The highest BCUT2D eigenvalue weighted by Crippen LogP contribution is 2.25. The largest absolute Gasteiger partial charge is 0.384 e. The molecule has 0 unspecified atom stereocenters. The third-order valence-electron chi connectivity index (χ3n) is 2.80. The molecule has 0 radical (unpaired) electrons. The number of rotatable bonds is 3. The molecule has 3 rings (SSSR count). The third-order valence-corrected chi connectivity index (χ3v) is 2.80. The molecule has 7 nitrogen and oxygen atoms in total. The molecule has 1 aliphatic rings. The molecule has 0 saturated heterocycles. The van der Waals surface area contributed by atoms with Crippen LogP contribution < -0.4 is 10.6 Å². The van der Waals surface area contributed by atoms with Crippen LogP contribution >= 0.6 is 12.4 Å². The van der Waals surface area contributed by atoms with E-state index in [1.165, 1.54) is 16.6 Å². The summed E-state index contributed by atoms with van der Waals surface area (Å²) in [6, 6.07) is 5.86. The molecule has 1 aromatic carbocycles. The van der Waals surface area contributed by atoms with Crippen molar-refractivity contribution in [2.75, 3.05) is 17.2 Å². The predicted octanol–water partition coefficient (Wildman–Crippen LogP) is 0.702. The van der Waals surface area contributed by atoms with Crippen LogP contribution in [0.15, 0.2) is 24.5 Å². The lowest BCUT2D eigenvalue weighted by atomic mass is 10.1. The van der Waals surface area contributed by atoms with Crippen LogP contribution in [0.25, 0.3) is 0 Å². The minimum absolute atomic E-state index is 0. The third kappa shape index (κ3) is 3.00. The first kappa shape index (κ1) is 13.3. The molecule has 0 bridgehead atoms. The summed E-state index contributed by atoms with van der Waals surface area (Å²) in [5, 5.41) is 16.7. The smallest absolute Gasteiger partial charge is 0.246 e. The quantitative estimate of drug-likeness (QED) is 0.865. The fraction of sp³-hybridized carbons (Fsp3) is 0.273. The van der Waals surface area contributed by atoms with Gasteiger partial charge >= 0.3 is 0 Å². The van der Waals surface area contributed by atoms with Crippen LogP contribution in [-0.2, 0) is 17.8 Å². The van der Waals surface area contributed by atoms with Crippen molar-refractivity contribution in [3.05, 3.63) is 30.1 Å². The van der Waals surface area contributed by atoms with Gasteiger partial charge in [-0.1, -0.05) is 0 Å². The highest BCUT2D eigenvalue weighted by molar-refractivity contribution is 5.91. The molecule has 0 atom stereocenters. The average Bonchev–Trinajstić information content (AvgIpc) is 2.98. The molecule has 19 heavy (non-hydrogen) atoms. The van der Waals surface area contributed by atoms with Crippen LogP contribution in [0, 0.1) is 0 Å². The Labute approximate surface area is 115 Å². The van der Waals surface area contributed by atoms with Gasteiger partial charge < -0.3 is 10.6 Å². The molecule has 100 valence electrons. The van der Waals surface area contributed by atoms with E-state index in [-0.39, 0.29) is 24.9 Å². The number of aromatic nitrogens is 4. The molecule has 0 spiro atoms. The van der Waals surface area contributed by atoms with Crippen molar-refractivity contribution in [1.29, 1.82) is 0 Å². The van der Waals surface area contributed by atoms with Crippen molar-refractivity contribution in [1.82, 2.24) is 20.2 Å². The number of anilines is 2. The van der Waals surface area contributed by atoms with Crippen molar-refractivity contribution >= 4 is 29.7 Å². The SMILES string of the molecule is Cl.O=C(Cn1cnnn1)Nc1ccc2c(c1)CCN2. The zero-order valence-electron chi connectivity index (χ0n) is 10.0. The van der Waals surface area contributed by atoms with E-state index in [4.69, 9.17) is 0 Å². The standard InChI is InChI=1S/C11H12N6O.ClH/c18-11(6-17-7-13-15-16-17)14-9-1-2-10-8(5-9)3-4-12-10;/h1-2,5,7,12H,3-4,6H2,(H,14,18);1H. The van der Waals surface area contributed by atoms with Gasteiger partial charge in [-0.25, -0.2) is 4.68 Å². The molecule has 1 amide bonds. The molecule has 1 aliphatic heterocycles. The predicted molar refractivity (Wildman–Crippen MR) is 72.3 cm³/mol. The van der Waals surface area contributed by atoms with E-state index in [0.717, 1.165) is 24.3 Å². The number of hydrogen-bond acceptors (Lipinski definition) is 5. The first-order valence-corrected chi connectivity index (χ1v) is 5.69. The monoisotopic (exact) mass is 280 g/mol. The Kier molecular flexibility index (Phi) is 3.96. The second-order valence-corrected chi connectivity index (χ2v) is 4.10. The Morgan fingerprint density at radius 1 is 1.47 bits per heavy atom. The second kappa shape index (κ2) is 5.66. The molecule has 0 saturated carbocycles. The summed E-state index contributed by atoms with van der Waals surface area (Å²) in [4.78, 5) is 11.7. The molecule has 0 aliphatic carbocycles. The maximum Gasteiger partial charge on any atom is 0.246 e. The summed E-state index contributed by atoms with van der Waals surface area (Å²) in [5.41, 5.74) is 3.18. The number of halogens is 1. The Bertz CT molecular complexity index is 571. The minimum Gasteiger partial charge on any atom is -0.384 e. The van der Waals surface area contributed by atoms with Crippen molar-refractivity contribution in [3.63, 3.8) is 0 Å². The topological polar surface area (TPSA) is 84.7 Å². The van der Waals surface area contributed by atoms with E-state index < -0.39 is 0 Å². The lowest BCUT2D eigenvalue weighted by molar-refractivity contribution is -0.116. The van der Waals surface area contributed by atoms with Gasteiger partial charge in [0.05, 0.1) is 0 Å². The number of nitrogens with zero attached hydrogens (tertiary/aromatic N) is 4. The highest BCUT2D eigenvalue weighted by Gasteiger charge is 2.11. The van der Waals surface area contributed by atoms with Crippen molar-refractivity contribution in [2.45, 2.75) is 13.0 Å². The molecule has 1 aromatic heterocycles. The minimum atomic E-state index is -0.145. The van der Waals surface area contributed by atoms with Crippen molar-refractivity contribution < 1.29 is 4.79 Å². The number of nitrogens with one attached hydrogen (secondary N) is 2. The molecular weight excluding hydrogens is 268 g/mol. The Hall–Kier alpha value is -2.15. The number of benzene rings is 1. The van der Waals surface area contributed by atoms with Gasteiger partial charge in [0.15, 0.2) is 0 Å². The van der Waals surface area contributed by atoms with Gasteiger partial charge in [-0.3, -0.25) is 4.79 Å². The Morgan fingerprint density at radius 3 is 3.16 bits per heavy atom. The van der Waals surface area contributed by atoms with Crippen LogP contribution in [0.1, 0.15) is 5.56 Å². The fourth-order valence-corrected chi connectivity index (χ4v) is 1.98. The van der Waals surface area contributed by atoms with Crippen LogP contribution in [0.3, 0.4) is 0 Å². The number of fused-ring (bicyclic) bond motifs is 1. The molecular formula is C11H13ClN6O. The zero-order chi connectivity index (χ0) is 12.4. The van der Waals surface area contributed by atoms with Gasteiger partial charge in [0, 0.05) is 17.9 Å². The molecule has 8 heteroatoms. The summed E-state index contributed by atoms with van der Waals surface area (Å²) in [7, 11) is 0. The lowest BCUT2D eigenvalue weighted by Gasteiger charge is -2.06. The maximum absolute atomic E-state index is 11.7. The average molecular weight is 281 g/mol. The molecule has 0 fully saturated rings. The van der Waals surface area contributed by atoms with E-state index >= 15 is 0 Å². The number of carbonyl (C=O) groups is 1. The number of amides is 1. The zero-order valence-corrected chi connectivity index (χ0v) is 10.9. The van der Waals surface area contributed by atoms with Crippen LogP contribution in [0.5, 0.6) is 0 Å². The number of tetrazole rings is 1. The van der Waals surface area contributed by atoms with Gasteiger partial charge in [-0.2, -0.15) is 0 Å². The second-order valence-electron chi connectivity index (χ2n) is 4.10. The number of hydrogen-bond donors (Lipinski definition) is 2. The van der Waals surface area contributed by atoms with E-state index in [9.17, 15) is 4.79 Å². The molecule has 2 aromatic rings. The fourth-order valence-electron chi connectivity index (χ4n) is 1.98. The maximum atomic E-state index is 11.7. The Morgan fingerprint density at radius 2 is 2.37 bits per heavy atom. The van der Waals surface area contributed by atoms with Crippen LogP contribution in [0.4, 0.5) is 11.4 Å². The van der Waals surface area contributed by atoms with Crippen molar-refractivity contribution in [3.8, 4) is 0 Å². The molecule has 2 heterocycles. The summed E-state index contributed by atoms with van der Waals surface area (Å²) in [5.74, 6) is -0.145. The van der Waals surface area contributed by atoms with E-state index in [0.29, 0.717) is 0 Å². The first-order valence-electron chi connectivity index (χ1n) is 5.69.